The van der Waals surface area contributed by atoms with E-state index in [1.807, 2.05) is 38.1 Å². The van der Waals surface area contributed by atoms with Gasteiger partial charge in [0.25, 0.3) is 0 Å². The largest absolute Gasteiger partial charge is 0.489 e. The number of ether oxygens (including phenoxy) is 1. The van der Waals surface area contributed by atoms with Gasteiger partial charge in [0, 0.05) is 7.05 Å². The van der Waals surface area contributed by atoms with Crippen molar-refractivity contribution in [2.45, 2.75) is 32.9 Å². The van der Waals surface area contributed by atoms with Crippen LogP contribution in [0.25, 0.3) is 0 Å². The van der Waals surface area contributed by atoms with Gasteiger partial charge in [0.15, 0.2) is 0 Å². The van der Waals surface area contributed by atoms with Gasteiger partial charge in [0.2, 0.25) is 0 Å². The van der Waals surface area contributed by atoms with Crippen molar-refractivity contribution < 1.29 is 14.6 Å². The second-order valence-corrected chi connectivity index (χ2v) is 5.02. The van der Waals surface area contributed by atoms with Crippen molar-refractivity contribution in [3.63, 3.8) is 0 Å². The predicted octanol–water partition coefficient (Wildman–Crippen LogP) is 1.78. The van der Waals surface area contributed by atoms with Gasteiger partial charge in [-0.2, -0.15) is 0 Å². The number of carbonyl (C=O) groups excluding carboxylic acids is 1. The van der Waals surface area contributed by atoms with Crippen LogP contribution >= 0.6 is 0 Å². The predicted molar refractivity (Wildman–Crippen MR) is 79.0 cm³/mol. The Bertz CT molecular complexity index is 437. The average Bonchev–Trinajstić information content (AvgIpc) is 2.45. The minimum atomic E-state index is -0.216. The molecule has 0 bridgehead atoms. The zero-order valence-corrected chi connectivity index (χ0v) is 12.6. The Balaban J connectivity index is 2.42. The van der Waals surface area contributed by atoms with E-state index in [1.54, 1.807) is 14.0 Å². The van der Waals surface area contributed by atoms with Gasteiger partial charge in [-0.05, 0) is 32.4 Å². The van der Waals surface area contributed by atoms with Crippen LogP contribution in [-0.2, 0) is 0 Å². The molecule has 2 unspecified atom stereocenters. The molecule has 5 nitrogen and oxygen atoms in total. The maximum Gasteiger partial charge on any atom is 0.317 e. The van der Waals surface area contributed by atoms with Gasteiger partial charge >= 0.3 is 6.03 Å². The van der Waals surface area contributed by atoms with E-state index in [2.05, 4.69) is 5.32 Å². The summed E-state index contributed by atoms with van der Waals surface area (Å²) in [5, 5.41) is 11.8. The molecule has 1 rings (SSSR count). The van der Waals surface area contributed by atoms with E-state index in [0.29, 0.717) is 6.54 Å². The minimum absolute atomic E-state index is 0.0564. The summed E-state index contributed by atoms with van der Waals surface area (Å²) in [7, 11) is 1.66. The maximum atomic E-state index is 11.8. The van der Waals surface area contributed by atoms with Crippen LogP contribution in [0.3, 0.4) is 0 Å². The number of nitrogens with zero attached hydrogens (tertiary/aromatic N) is 1. The molecule has 112 valence electrons. The van der Waals surface area contributed by atoms with E-state index in [0.717, 1.165) is 11.3 Å². The number of urea groups is 1. The van der Waals surface area contributed by atoms with Crippen molar-refractivity contribution in [2.75, 3.05) is 20.2 Å². The Hall–Kier alpha value is -1.75. The molecular formula is C15H24N2O3. The highest BCUT2D eigenvalue weighted by Gasteiger charge is 2.15. The van der Waals surface area contributed by atoms with E-state index < -0.39 is 0 Å². The lowest BCUT2D eigenvalue weighted by atomic mass is 10.2. The first-order valence-electron chi connectivity index (χ1n) is 6.79. The molecule has 5 heteroatoms. The number of rotatable bonds is 6. The number of nitrogens with one attached hydrogen (secondary N) is 1. The molecule has 0 aromatic heterocycles. The Labute approximate surface area is 120 Å². The Morgan fingerprint density at radius 3 is 2.65 bits per heavy atom. The first-order valence-corrected chi connectivity index (χ1v) is 6.79. The molecule has 0 aliphatic heterocycles. The molecule has 20 heavy (non-hydrogen) atoms. The van der Waals surface area contributed by atoms with Crippen molar-refractivity contribution in [3.05, 3.63) is 29.8 Å². The molecule has 2 amide bonds. The Morgan fingerprint density at radius 1 is 1.40 bits per heavy atom. The third-order valence-corrected chi connectivity index (χ3v) is 3.21. The van der Waals surface area contributed by atoms with Crippen LogP contribution in [0.2, 0.25) is 0 Å². The van der Waals surface area contributed by atoms with Crippen LogP contribution in [0.15, 0.2) is 24.3 Å². The summed E-state index contributed by atoms with van der Waals surface area (Å²) in [6.07, 6.45) is -0.127. The summed E-state index contributed by atoms with van der Waals surface area (Å²) in [6.45, 7) is 6.03. The van der Waals surface area contributed by atoms with E-state index in [-0.39, 0.29) is 24.8 Å². The Kier molecular flexibility index (Phi) is 6.31. The number of hydrogen-bond donors (Lipinski definition) is 2. The van der Waals surface area contributed by atoms with Gasteiger partial charge < -0.3 is 20.1 Å². The molecular weight excluding hydrogens is 256 g/mol. The van der Waals surface area contributed by atoms with Crippen molar-refractivity contribution >= 4 is 6.03 Å². The van der Waals surface area contributed by atoms with Crippen molar-refractivity contribution in [2.24, 2.45) is 0 Å². The number of hydrogen-bond acceptors (Lipinski definition) is 3. The minimum Gasteiger partial charge on any atom is -0.489 e. The van der Waals surface area contributed by atoms with E-state index in [9.17, 15) is 4.79 Å². The van der Waals surface area contributed by atoms with E-state index >= 15 is 0 Å². The molecule has 2 atom stereocenters. The number of aryl methyl sites for hydroxylation is 1. The second kappa shape index (κ2) is 7.75. The van der Waals surface area contributed by atoms with Gasteiger partial charge in [-0.25, -0.2) is 4.79 Å². The Morgan fingerprint density at radius 2 is 2.05 bits per heavy atom. The smallest absolute Gasteiger partial charge is 0.317 e. The summed E-state index contributed by atoms with van der Waals surface area (Å²) < 4.78 is 5.78. The molecule has 2 N–H and O–H groups in total. The number of benzene rings is 1. The van der Waals surface area contributed by atoms with Gasteiger partial charge in [0.05, 0.1) is 19.2 Å². The van der Waals surface area contributed by atoms with Crippen LogP contribution in [0.1, 0.15) is 19.4 Å². The highest BCUT2D eigenvalue weighted by Crippen LogP contribution is 2.17. The molecule has 0 spiro atoms. The summed E-state index contributed by atoms with van der Waals surface area (Å²) in [4.78, 5) is 13.3. The highest BCUT2D eigenvalue weighted by molar-refractivity contribution is 5.74. The number of aliphatic hydroxyl groups excluding tert-OH is 1. The fourth-order valence-corrected chi connectivity index (χ4v) is 1.63. The van der Waals surface area contributed by atoms with Crippen LogP contribution in [0.5, 0.6) is 5.75 Å². The third kappa shape index (κ3) is 4.74. The number of para-hydroxylation sites is 1. The normalized spacial score (nSPS) is 13.4. The fourth-order valence-electron chi connectivity index (χ4n) is 1.63. The summed E-state index contributed by atoms with van der Waals surface area (Å²) in [6, 6.07) is 7.35. The summed E-state index contributed by atoms with van der Waals surface area (Å²) in [5.74, 6) is 0.825. The zero-order valence-electron chi connectivity index (χ0n) is 12.6. The topological polar surface area (TPSA) is 61.8 Å². The standard InChI is InChI=1S/C15H24N2O3/c1-11-7-5-6-8-14(11)20-13(3)9-16-15(19)17(4)12(2)10-18/h5-8,12-13,18H,9-10H2,1-4H3,(H,16,19). The molecule has 0 aliphatic carbocycles. The quantitative estimate of drug-likeness (QED) is 0.835. The monoisotopic (exact) mass is 280 g/mol. The van der Waals surface area contributed by atoms with Crippen LogP contribution in [-0.4, -0.2) is 48.4 Å². The summed E-state index contributed by atoms with van der Waals surface area (Å²) in [5.41, 5.74) is 1.07. The molecule has 0 saturated heterocycles. The van der Waals surface area contributed by atoms with Crippen molar-refractivity contribution in [1.82, 2.24) is 10.2 Å². The first kappa shape index (κ1) is 16.3. The second-order valence-electron chi connectivity index (χ2n) is 5.02. The summed E-state index contributed by atoms with van der Waals surface area (Å²) >= 11 is 0. The first-order chi connectivity index (χ1) is 9.45. The third-order valence-electron chi connectivity index (χ3n) is 3.21. The molecule has 0 saturated carbocycles. The van der Waals surface area contributed by atoms with E-state index in [1.165, 1.54) is 4.90 Å². The fraction of sp³-hybridized carbons (Fsp3) is 0.533. The SMILES string of the molecule is Cc1ccccc1OC(C)CNC(=O)N(C)C(C)CO. The number of aliphatic hydroxyl groups is 1. The average molecular weight is 280 g/mol. The van der Waals surface area contributed by atoms with Crippen LogP contribution in [0.4, 0.5) is 4.79 Å². The van der Waals surface area contributed by atoms with Gasteiger partial charge in [-0.3, -0.25) is 0 Å². The van der Waals surface area contributed by atoms with Crippen LogP contribution in [0, 0.1) is 6.92 Å². The lowest BCUT2D eigenvalue weighted by molar-refractivity contribution is 0.151. The molecule has 0 radical (unpaired) electrons. The molecule has 1 aromatic carbocycles. The molecule has 0 heterocycles. The molecule has 1 aromatic rings. The molecule has 0 fully saturated rings. The molecule has 0 aliphatic rings. The van der Waals surface area contributed by atoms with Gasteiger partial charge in [-0.15, -0.1) is 0 Å². The van der Waals surface area contributed by atoms with Crippen LogP contribution < -0.4 is 10.1 Å². The highest BCUT2D eigenvalue weighted by atomic mass is 16.5. The van der Waals surface area contributed by atoms with Gasteiger partial charge in [0.1, 0.15) is 11.9 Å². The van der Waals surface area contributed by atoms with Gasteiger partial charge in [-0.1, -0.05) is 18.2 Å². The van der Waals surface area contributed by atoms with E-state index in [4.69, 9.17) is 9.84 Å². The number of carbonyl (C=O) groups is 1. The lowest BCUT2D eigenvalue weighted by Crippen LogP contribution is -2.46. The zero-order chi connectivity index (χ0) is 15.1. The maximum absolute atomic E-state index is 11.8. The number of likely N-dealkylation sites (N-methyl/N-ethyl adjacent to an activating group) is 1. The van der Waals surface area contributed by atoms with Crippen molar-refractivity contribution in [1.29, 1.82) is 0 Å². The van der Waals surface area contributed by atoms with Crippen molar-refractivity contribution in [3.8, 4) is 5.75 Å². The lowest BCUT2D eigenvalue weighted by Gasteiger charge is -2.24. The number of amides is 2.